The molecule has 2 amide bonds. The first-order valence-corrected chi connectivity index (χ1v) is 7.22. The Hall–Kier alpha value is -2.63. The smallest absolute Gasteiger partial charge is 0.319 e. The van der Waals surface area contributed by atoms with Gasteiger partial charge in [-0.05, 0) is 43.0 Å². The minimum Gasteiger partial charge on any atom is -0.497 e. The van der Waals surface area contributed by atoms with Gasteiger partial charge in [0.15, 0.2) is 0 Å². The Bertz CT molecular complexity index is 656. The van der Waals surface area contributed by atoms with Gasteiger partial charge in [0.25, 0.3) is 0 Å². The van der Waals surface area contributed by atoms with Crippen LogP contribution in [0.5, 0.6) is 5.75 Å². The van der Waals surface area contributed by atoms with E-state index in [0.717, 1.165) is 30.6 Å². The summed E-state index contributed by atoms with van der Waals surface area (Å²) in [6, 6.07) is 9.31. The van der Waals surface area contributed by atoms with Gasteiger partial charge in [0, 0.05) is 0 Å². The number of anilines is 1. The lowest BCUT2D eigenvalue weighted by atomic mass is 9.72. The average molecular weight is 298 g/mol. The van der Waals surface area contributed by atoms with Crippen LogP contribution in [0.4, 0.5) is 10.5 Å². The summed E-state index contributed by atoms with van der Waals surface area (Å²) < 4.78 is 5.28. The van der Waals surface area contributed by atoms with Crippen LogP contribution in [0.25, 0.3) is 0 Å². The van der Waals surface area contributed by atoms with Gasteiger partial charge in [0.2, 0.25) is 0 Å². The van der Waals surface area contributed by atoms with Crippen LogP contribution in [0.3, 0.4) is 0 Å². The number of aromatic nitrogens is 2. The van der Waals surface area contributed by atoms with Crippen LogP contribution in [0.2, 0.25) is 0 Å². The second-order valence-corrected chi connectivity index (χ2v) is 5.38. The maximum Gasteiger partial charge on any atom is 0.319 e. The zero-order valence-corrected chi connectivity index (χ0v) is 12.4. The number of amides is 2. The van der Waals surface area contributed by atoms with Gasteiger partial charge in [0.05, 0.1) is 30.7 Å². The normalized spacial score (nSPS) is 15.5. The molecule has 2 aromatic rings. The Kier molecular flexibility index (Phi) is 3.91. The molecule has 1 fully saturated rings. The Morgan fingerprint density at radius 1 is 1.27 bits per heavy atom. The molecular formula is C16H18N4O2. The summed E-state index contributed by atoms with van der Waals surface area (Å²) in [5.41, 5.74) is 1.37. The molecule has 0 spiro atoms. The number of hydrogen-bond donors (Lipinski definition) is 2. The molecule has 1 aliphatic rings. The van der Waals surface area contributed by atoms with Crippen molar-refractivity contribution in [2.75, 3.05) is 12.4 Å². The summed E-state index contributed by atoms with van der Waals surface area (Å²) in [6.07, 6.45) is 5.98. The van der Waals surface area contributed by atoms with Gasteiger partial charge in [0.1, 0.15) is 5.75 Å². The minimum atomic E-state index is -0.320. The van der Waals surface area contributed by atoms with E-state index >= 15 is 0 Å². The number of methoxy groups -OCH3 is 1. The third-order valence-corrected chi connectivity index (χ3v) is 4.02. The average Bonchev–Trinajstić information content (AvgIpc) is 2.52. The Balaban J connectivity index is 1.74. The maximum absolute atomic E-state index is 12.2. The molecule has 1 aliphatic carbocycles. The summed E-state index contributed by atoms with van der Waals surface area (Å²) >= 11 is 0. The molecule has 114 valence electrons. The van der Waals surface area contributed by atoms with Crippen LogP contribution >= 0.6 is 0 Å². The van der Waals surface area contributed by atoms with Gasteiger partial charge in [-0.15, -0.1) is 0 Å². The van der Waals surface area contributed by atoms with E-state index in [1.54, 1.807) is 13.2 Å². The van der Waals surface area contributed by atoms with Crippen LogP contribution in [-0.2, 0) is 5.54 Å². The molecule has 3 rings (SSSR count). The number of nitrogens with zero attached hydrogens (tertiary/aromatic N) is 2. The van der Waals surface area contributed by atoms with Gasteiger partial charge in [-0.3, -0.25) is 0 Å². The first-order chi connectivity index (χ1) is 10.7. The second-order valence-electron chi connectivity index (χ2n) is 5.38. The van der Waals surface area contributed by atoms with Crippen molar-refractivity contribution < 1.29 is 9.53 Å². The molecular weight excluding hydrogens is 280 g/mol. The lowest BCUT2D eigenvalue weighted by Crippen LogP contribution is -2.52. The monoisotopic (exact) mass is 298 g/mol. The standard InChI is InChI=1S/C16H18N4O2/c1-22-14-5-2-4-12(10-14)16(7-3-8-16)20-15(21)19-13-6-9-17-18-11-13/h2,4-6,9-11H,3,7-8H2,1H3,(H2,17,19,20,21). The molecule has 0 atom stereocenters. The number of rotatable bonds is 4. The first kappa shape index (κ1) is 14.3. The maximum atomic E-state index is 12.2. The van der Waals surface area contributed by atoms with E-state index in [1.165, 1.54) is 12.4 Å². The van der Waals surface area contributed by atoms with E-state index in [1.807, 2.05) is 24.3 Å². The van der Waals surface area contributed by atoms with Crippen LogP contribution < -0.4 is 15.4 Å². The molecule has 22 heavy (non-hydrogen) atoms. The van der Waals surface area contributed by atoms with Gasteiger partial charge in [-0.25, -0.2) is 4.79 Å². The van der Waals surface area contributed by atoms with Crippen molar-refractivity contribution in [1.29, 1.82) is 0 Å². The van der Waals surface area contributed by atoms with Gasteiger partial charge in [-0.1, -0.05) is 12.1 Å². The lowest BCUT2D eigenvalue weighted by molar-refractivity contribution is 0.184. The molecule has 0 unspecified atom stereocenters. The summed E-state index contributed by atoms with van der Waals surface area (Å²) in [5.74, 6) is 0.796. The SMILES string of the molecule is COc1cccc(C2(NC(=O)Nc3ccnnc3)CCC2)c1. The lowest BCUT2D eigenvalue weighted by Gasteiger charge is -2.43. The molecule has 1 heterocycles. The van der Waals surface area contributed by atoms with E-state index in [9.17, 15) is 4.79 Å². The van der Waals surface area contributed by atoms with Gasteiger partial charge >= 0.3 is 6.03 Å². The van der Waals surface area contributed by atoms with E-state index < -0.39 is 0 Å². The first-order valence-electron chi connectivity index (χ1n) is 7.22. The number of urea groups is 1. The van der Waals surface area contributed by atoms with Crippen LogP contribution in [0.15, 0.2) is 42.7 Å². The van der Waals surface area contributed by atoms with Crippen LogP contribution in [0, 0.1) is 0 Å². The molecule has 6 heteroatoms. The van der Waals surface area contributed by atoms with Crippen molar-refractivity contribution in [3.63, 3.8) is 0 Å². The molecule has 0 radical (unpaired) electrons. The fourth-order valence-electron chi connectivity index (χ4n) is 2.68. The number of hydrogen-bond acceptors (Lipinski definition) is 4. The van der Waals surface area contributed by atoms with Crippen molar-refractivity contribution in [3.8, 4) is 5.75 Å². The number of carbonyl (C=O) groups is 1. The van der Waals surface area contributed by atoms with E-state index in [0.29, 0.717) is 5.69 Å². The van der Waals surface area contributed by atoms with E-state index in [-0.39, 0.29) is 11.6 Å². The summed E-state index contributed by atoms with van der Waals surface area (Å²) in [5, 5.41) is 13.3. The summed E-state index contributed by atoms with van der Waals surface area (Å²) in [4.78, 5) is 12.2. The fourth-order valence-corrected chi connectivity index (χ4v) is 2.68. The molecule has 1 aromatic heterocycles. The molecule has 1 aromatic carbocycles. The molecule has 0 saturated heterocycles. The highest BCUT2D eigenvalue weighted by molar-refractivity contribution is 5.89. The Labute approximate surface area is 128 Å². The molecule has 2 N–H and O–H groups in total. The minimum absolute atomic E-state index is 0.240. The fraction of sp³-hybridized carbons (Fsp3) is 0.312. The third kappa shape index (κ3) is 2.86. The van der Waals surface area contributed by atoms with Gasteiger partial charge < -0.3 is 15.4 Å². The van der Waals surface area contributed by atoms with Crippen molar-refractivity contribution in [2.45, 2.75) is 24.8 Å². The van der Waals surface area contributed by atoms with Crippen molar-refractivity contribution in [1.82, 2.24) is 15.5 Å². The third-order valence-electron chi connectivity index (χ3n) is 4.02. The Morgan fingerprint density at radius 3 is 2.77 bits per heavy atom. The number of benzene rings is 1. The van der Waals surface area contributed by atoms with Crippen molar-refractivity contribution in [3.05, 3.63) is 48.3 Å². The number of nitrogens with one attached hydrogen (secondary N) is 2. The predicted octanol–water partition coefficient (Wildman–Crippen LogP) is 2.69. The van der Waals surface area contributed by atoms with Crippen LogP contribution in [0.1, 0.15) is 24.8 Å². The quantitative estimate of drug-likeness (QED) is 0.910. The zero-order chi connectivity index (χ0) is 15.4. The second kappa shape index (κ2) is 6.01. The van der Waals surface area contributed by atoms with E-state index in [2.05, 4.69) is 20.8 Å². The number of carbonyl (C=O) groups excluding carboxylic acids is 1. The van der Waals surface area contributed by atoms with Crippen LogP contribution in [-0.4, -0.2) is 23.3 Å². The zero-order valence-electron chi connectivity index (χ0n) is 12.4. The highest BCUT2D eigenvalue weighted by Crippen LogP contribution is 2.42. The molecule has 0 aliphatic heterocycles. The van der Waals surface area contributed by atoms with Crippen molar-refractivity contribution >= 4 is 11.7 Å². The summed E-state index contributed by atoms with van der Waals surface area (Å²) in [6.45, 7) is 0. The van der Waals surface area contributed by atoms with Crippen molar-refractivity contribution in [2.24, 2.45) is 0 Å². The van der Waals surface area contributed by atoms with Gasteiger partial charge in [-0.2, -0.15) is 10.2 Å². The number of ether oxygens (including phenoxy) is 1. The predicted molar refractivity (Wildman–Crippen MR) is 82.7 cm³/mol. The summed E-state index contributed by atoms with van der Waals surface area (Å²) in [7, 11) is 1.64. The molecule has 0 bridgehead atoms. The highest BCUT2D eigenvalue weighted by Gasteiger charge is 2.40. The largest absolute Gasteiger partial charge is 0.497 e. The highest BCUT2D eigenvalue weighted by atomic mass is 16.5. The topological polar surface area (TPSA) is 76.1 Å². The van der Waals surface area contributed by atoms with E-state index in [4.69, 9.17) is 4.74 Å². The molecule has 1 saturated carbocycles. The Morgan fingerprint density at radius 2 is 2.14 bits per heavy atom. The molecule has 6 nitrogen and oxygen atoms in total.